The van der Waals surface area contributed by atoms with Crippen molar-refractivity contribution in [1.82, 2.24) is 19.5 Å². The molecule has 0 bridgehead atoms. The van der Waals surface area contributed by atoms with Crippen LogP contribution in [0.2, 0.25) is 5.02 Å². The lowest BCUT2D eigenvalue weighted by Gasteiger charge is -2.30. The minimum absolute atomic E-state index is 0.527. The second-order valence-electron chi connectivity index (χ2n) is 6.93. The summed E-state index contributed by atoms with van der Waals surface area (Å²) in [7, 11) is 2.18. The molecule has 1 aromatic carbocycles. The molecule has 2 aromatic heterocycles. The molecule has 0 saturated heterocycles. The van der Waals surface area contributed by atoms with Crippen LogP contribution in [0.25, 0.3) is 17.2 Å². The monoisotopic (exact) mass is 358 g/mol. The number of nitrogens with zero attached hydrogens (tertiary/aromatic N) is 4. The molecular formula is C19H23ClN4O. The molecule has 1 aliphatic rings. The first-order valence-electron chi connectivity index (χ1n) is 8.93. The SMILES string of the molecule is Cc1c(CN(C)C2CCCCC2)oc2nc(-c3ccccc3Cl)nn12. The summed E-state index contributed by atoms with van der Waals surface area (Å²) >= 11 is 6.25. The fourth-order valence-corrected chi connectivity index (χ4v) is 3.89. The van der Waals surface area contributed by atoms with Gasteiger partial charge >= 0.3 is 5.84 Å². The second kappa shape index (κ2) is 6.81. The van der Waals surface area contributed by atoms with E-state index < -0.39 is 0 Å². The van der Waals surface area contributed by atoms with Crippen LogP contribution in [0.3, 0.4) is 0 Å². The molecule has 0 amide bonds. The van der Waals surface area contributed by atoms with E-state index in [0.29, 0.717) is 22.7 Å². The third kappa shape index (κ3) is 3.18. The zero-order chi connectivity index (χ0) is 17.4. The number of aryl methyl sites for hydroxylation is 1. The Morgan fingerprint density at radius 2 is 2.00 bits per heavy atom. The molecule has 0 atom stereocenters. The van der Waals surface area contributed by atoms with Gasteiger partial charge in [-0.25, -0.2) is 0 Å². The number of hydrogen-bond donors (Lipinski definition) is 0. The van der Waals surface area contributed by atoms with Crippen molar-refractivity contribution in [2.45, 2.75) is 51.6 Å². The highest BCUT2D eigenvalue weighted by Gasteiger charge is 2.22. The van der Waals surface area contributed by atoms with E-state index in [0.717, 1.165) is 23.6 Å². The van der Waals surface area contributed by atoms with E-state index in [1.807, 2.05) is 31.2 Å². The van der Waals surface area contributed by atoms with E-state index in [4.69, 9.17) is 16.0 Å². The van der Waals surface area contributed by atoms with Crippen LogP contribution < -0.4 is 0 Å². The average molecular weight is 359 g/mol. The normalized spacial score (nSPS) is 16.2. The van der Waals surface area contributed by atoms with Gasteiger partial charge in [-0.15, -0.1) is 5.10 Å². The minimum atomic E-state index is 0.527. The summed E-state index contributed by atoms with van der Waals surface area (Å²) in [5, 5.41) is 5.24. The molecule has 0 aliphatic heterocycles. The van der Waals surface area contributed by atoms with Crippen molar-refractivity contribution >= 4 is 17.4 Å². The number of aromatic nitrogens is 3. The lowest BCUT2D eigenvalue weighted by Crippen LogP contribution is -2.32. The maximum atomic E-state index is 6.25. The van der Waals surface area contributed by atoms with Crippen molar-refractivity contribution in [3.05, 3.63) is 40.7 Å². The van der Waals surface area contributed by atoms with E-state index in [9.17, 15) is 0 Å². The first-order chi connectivity index (χ1) is 12.1. The molecule has 0 radical (unpaired) electrons. The predicted molar refractivity (Wildman–Crippen MR) is 98.8 cm³/mol. The molecule has 132 valence electrons. The molecule has 25 heavy (non-hydrogen) atoms. The van der Waals surface area contributed by atoms with Gasteiger partial charge in [0.05, 0.1) is 17.3 Å². The third-order valence-corrected chi connectivity index (χ3v) is 5.55. The summed E-state index contributed by atoms with van der Waals surface area (Å²) in [6.07, 6.45) is 6.59. The van der Waals surface area contributed by atoms with Crippen LogP contribution in [-0.2, 0) is 6.54 Å². The summed E-state index contributed by atoms with van der Waals surface area (Å²) in [6, 6.07) is 8.25. The van der Waals surface area contributed by atoms with Crippen molar-refractivity contribution in [3.63, 3.8) is 0 Å². The van der Waals surface area contributed by atoms with Gasteiger partial charge in [0.2, 0.25) is 0 Å². The number of rotatable bonds is 4. The Labute approximate surface area is 152 Å². The Morgan fingerprint density at radius 1 is 1.24 bits per heavy atom. The lowest BCUT2D eigenvalue weighted by molar-refractivity contribution is 0.173. The summed E-state index contributed by atoms with van der Waals surface area (Å²) in [5.41, 5.74) is 1.83. The van der Waals surface area contributed by atoms with Crippen LogP contribution in [0.15, 0.2) is 28.7 Å². The quantitative estimate of drug-likeness (QED) is 0.677. The summed E-state index contributed by atoms with van der Waals surface area (Å²) in [5.74, 6) is 2.06. The molecule has 2 heterocycles. The van der Waals surface area contributed by atoms with Crippen molar-refractivity contribution < 1.29 is 4.42 Å². The number of fused-ring (bicyclic) bond motifs is 1. The van der Waals surface area contributed by atoms with E-state index in [1.54, 1.807) is 4.52 Å². The summed E-state index contributed by atoms with van der Waals surface area (Å²) < 4.78 is 7.79. The van der Waals surface area contributed by atoms with Crippen molar-refractivity contribution in [2.75, 3.05) is 7.05 Å². The molecular weight excluding hydrogens is 336 g/mol. The van der Waals surface area contributed by atoms with Crippen LogP contribution >= 0.6 is 11.6 Å². The predicted octanol–water partition coefficient (Wildman–Crippen LogP) is 4.72. The highest BCUT2D eigenvalue weighted by molar-refractivity contribution is 6.33. The van der Waals surface area contributed by atoms with Gasteiger partial charge in [0.1, 0.15) is 5.76 Å². The Kier molecular flexibility index (Phi) is 4.52. The molecule has 0 unspecified atom stereocenters. The number of oxazole rings is 1. The molecule has 0 N–H and O–H groups in total. The highest BCUT2D eigenvalue weighted by Crippen LogP contribution is 2.28. The minimum Gasteiger partial charge on any atom is -0.425 e. The van der Waals surface area contributed by atoms with E-state index in [1.165, 1.54) is 32.1 Å². The standard InChI is InChI=1S/C19H23ClN4O/c1-13-17(12-23(2)14-8-4-3-5-9-14)25-19-21-18(22-24(13)19)15-10-6-7-11-16(15)20/h6-7,10-11,14H,3-5,8-9,12H2,1-2H3. The maximum absolute atomic E-state index is 6.25. The van der Waals surface area contributed by atoms with E-state index >= 15 is 0 Å². The Bertz CT molecular complexity index is 879. The molecule has 1 fully saturated rings. The van der Waals surface area contributed by atoms with Crippen LogP contribution in [0.5, 0.6) is 0 Å². The zero-order valence-corrected chi connectivity index (χ0v) is 15.5. The Hall–Kier alpha value is -1.85. The van der Waals surface area contributed by atoms with Crippen LogP contribution in [0.4, 0.5) is 0 Å². The van der Waals surface area contributed by atoms with Gasteiger partial charge in [0.25, 0.3) is 0 Å². The third-order valence-electron chi connectivity index (χ3n) is 5.22. The van der Waals surface area contributed by atoms with Crippen LogP contribution in [-0.4, -0.2) is 32.6 Å². The van der Waals surface area contributed by atoms with Gasteiger partial charge in [-0.1, -0.05) is 43.0 Å². The van der Waals surface area contributed by atoms with Gasteiger partial charge in [-0.3, -0.25) is 4.90 Å². The number of halogens is 1. The fraction of sp³-hybridized carbons (Fsp3) is 0.474. The van der Waals surface area contributed by atoms with Gasteiger partial charge in [0, 0.05) is 11.6 Å². The van der Waals surface area contributed by atoms with Gasteiger partial charge in [-0.2, -0.15) is 9.50 Å². The molecule has 5 nitrogen and oxygen atoms in total. The van der Waals surface area contributed by atoms with E-state index in [2.05, 4.69) is 22.0 Å². The smallest absolute Gasteiger partial charge is 0.325 e. The van der Waals surface area contributed by atoms with Crippen LogP contribution in [0, 0.1) is 6.92 Å². The topological polar surface area (TPSA) is 46.6 Å². The molecule has 1 aliphatic carbocycles. The Morgan fingerprint density at radius 3 is 2.72 bits per heavy atom. The first-order valence-corrected chi connectivity index (χ1v) is 9.31. The number of benzene rings is 1. The molecule has 3 aromatic rings. The lowest BCUT2D eigenvalue weighted by atomic mass is 9.94. The largest absolute Gasteiger partial charge is 0.425 e. The highest BCUT2D eigenvalue weighted by atomic mass is 35.5. The van der Waals surface area contributed by atoms with Crippen molar-refractivity contribution in [3.8, 4) is 11.4 Å². The molecule has 6 heteroatoms. The zero-order valence-electron chi connectivity index (χ0n) is 14.7. The Balaban J connectivity index is 1.59. The molecule has 1 saturated carbocycles. The molecule has 0 spiro atoms. The van der Waals surface area contributed by atoms with E-state index in [-0.39, 0.29) is 0 Å². The fourth-order valence-electron chi connectivity index (χ4n) is 3.67. The van der Waals surface area contributed by atoms with Gasteiger partial charge in [-0.05, 0) is 38.9 Å². The maximum Gasteiger partial charge on any atom is 0.325 e. The second-order valence-corrected chi connectivity index (χ2v) is 7.33. The first kappa shape index (κ1) is 16.6. The summed E-state index contributed by atoms with van der Waals surface area (Å²) in [4.78, 5) is 6.93. The summed E-state index contributed by atoms with van der Waals surface area (Å²) in [6.45, 7) is 2.83. The van der Waals surface area contributed by atoms with Gasteiger partial charge < -0.3 is 4.42 Å². The number of hydrogen-bond acceptors (Lipinski definition) is 4. The molecule has 4 rings (SSSR count). The van der Waals surface area contributed by atoms with Gasteiger partial charge in [0.15, 0.2) is 5.82 Å². The average Bonchev–Trinajstić information content (AvgIpc) is 3.16. The van der Waals surface area contributed by atoms with Crippen molar-refractivity contribution in [2.24, 2.45) is 0 Å². The van der Waals surface area contributed by atoms with Crippen molar-refractivity contribution in [1.29, 1.82) is 0 Å². The van der Waals surface area contributed by atoms with Crippen LogP contribution in [0.1, 0.15) is 43.6 Å².